The molecule has 0 unspecified atom stereocenters. The highest BCUT2D eigenvalue weighted by atomic mass is 19.1. The minimum atomic E-state index is -0.403. The number of anilines is 1. The van der Waals surface area contributed by atoms with E-state index >= 15 is 0 Å². The maximum atomic E-state index is 13.1. The third-order valence-corrected chi connectivity index (χ3v) is 2.92. The molecule has 0 radical (unpaired) electrons. The van der Waals surface area contributed by atoms with E-state index in [4.69, 9.17) is 0 Å². The van der Waals surface area contributed by atoms with Crippen LogP contribution < -0.4 is 4.90 Å². The van der Waals surface area contributed by atoms with Crippen LogP contribution in [-0.2, 0) is 6.54 Å². The van der Waals surface area contributed by atoms with Gasteiger partial charge in [-0.3, -0.25) is 9.78 Å². The van der Waals surface area contributed by atoms with Gasteiger partial charge in [0.15, 0.2) is 6.29 Å². The SMILES string of the molecule is CCN(Cc1ccccn1)c1ccc(F)cc1C=O. The highest BCUT2D eigenvalue weighted by Crippen LogP contribution is 2.21. The molecule has 0 aliphatic rings. The van der Waals surface area contributed by atoms with Gasteiger partial charge in [0.05, 0.1) is 12.2 Å². The van der Waals surface area contributed by atoms with Crippen LogP contribution in [0.15, 0.2) is 42.6 Å². The van der Waals surface area contributed by atoms with Crippen LogP contribution in [0.5, 0.6) is 0 Å². The Morgan fingerprint density at radius 1 is 1.32 bits per heavy atom. The molecule has 3 nitrogen and oxygen atoms in total. The maximum Gasteiger partial charge on any atom is 0.152 e. The predicted molar refractivity (Wildman–Crippen MR) is 72.7 cm³/mol. The molecule has 0 saturated heterocycles. The van der Waals surface area contributed by atoms with Gasteiger partial charge in [0.25, 0.3) is 0 Å². The van der Waals surface area contributed by atoms with Gasteiger partial charge in [-0.15, -0.1) is 0 Å². The van der Waals surface area contributed by atoms with Crippen molar-refractivity contribution >= 4 is 12.0 Å². The van der Waals surface area contributed by atoms with E-state index in [9.17, 15) is 9.18 Å². The van der Waals surface area contributed by atoms with Crippen molar-refractivity contribution in [3.63, 3.8) is 0 Å². The summed E-state index contributed by atoms with van der Waals surface area (Å²) in [6.45, 7) is 3.29. The summed E-state index contributed by atoms with van der Waals surface area (Å²) in [4.78, 5) is 17.3. The molecule has 0 spiro atoms. The molecule has 0 atom stereocenters. The van der Waals surface area contributed by atoms with Crippen molar-refractivity contribution < 1.29 is 9.18 Å². The molecule has 1 aromatic heterocycles. The molecule has 19 heavy (non-hydrogen) atoms. The fraction of sp³-hybridized carbons (Fsp3) is 0.200. The van der Waals surface area contributed by atoms with Crippen LogP contribution in [-0.4, -0.2) is 17.8 Å². The van der Waals surface area contributed by atoms with E-state index in [0.29, 0.717) is 24.9 Å². The van der Waals surface area contributed by atoms with Crippen LogP contribution in [0.25, 0.3) is 0 Å². The number of carbonyl (C=O) groups is 1. The lowest BCUT2D eigenvalue weighted by Gasteiger charge is -2.24. The number of rotatable bonds is 5. The zero-order valence-electron chi connectivity index (χ0n) is 10.7. The zero-order valence-corrected chi connectivity index (χ0v) is 10.7. The van der Waals surface area contributed by atoms with E-state index in [1.165, 1.54) is 12.1 Å². The highest BCUT2D eigenvalue weighted by Gasteiger charge is 2.11. The minimum absolute atomic E-state index is 0.359. The van der Waals surface area contributed by atoms with Crippen LogP contribution in [0, 0.1) is 5.82 Å². The number of hydrogen-bond acceptors (Lipinski definition) is 3. The minimum Gasteiger partial charge on any atom is -0.365 e. The lowest BCUT2D eigenvalue weighted by atomic mass is 10.1. The molecule has 98 valence electrons. The number of aldehydes is 1. The summed E-state index contributed by atoms with van der Waals surface area (Å²) in [5, 5.41) is 0. The monoisotopic (exact) mass is 258 g/mol. The van der Waals surface area contributed by atoms with Crippen LogP contribution in [0.3, 0.4) is 0 Å². The number of carbonyl (C=O) groups excluding carboxylic acids is 1. The summed E-state index contributed by atoms with van der Waals surface area (Å²) in [5.41, 5.74) is 1.99. The van der Waals surface area contributed by atoms with Crippen molar-refractivity contribution in [2.75, 3.05) is 11.4 Å². The van der Waals surface area contributed by atoms with Gasteiger partial charge in [0.1, 0.15) is 5.82 Å². The van der Waals surface area contributed by atoms with Crippen molar-refractivity contribution in [1.82, 2.24) is 4.98 Å². The molecule has 0 saturated carbocycles. The molecule has 2 rings (SSSR count). The first-order chi connectivity index (χ1) is 9.24. The average molecular weight is 258 g/mol. The molecule has 0 aliphatic heterocycles. The Kier molecular flexibility index (Phi) is 4.23. The largest absolute Gasteiger partial charge is 0.365 e. The van der Waals surface area contributed by atoms with Gasteiger partial charge < -0.3 is 4.90 Å². The molecular formula is C15H15FN2O. The standard InChI is InChI=1S/C15H15FN2O/c1-2-18(10-14-5-3-4-8-17-14)15-7-6-13(16)9-12(15)11-19/h3-9,11H,2,10H2,1H3. The van der Waals surface area contributed by atoms with Crippen LogP contribution in [0.1, 0.15) is 23.0 Å². The highest BCUT2D eigenvalue weighted by molar-refractivity contribution is 5.84. The van der Waals surface area contributed by atoms with Gasteiger partial charge in [-0.25, -0.2) is 4.39 Å². The number of benzene rings is 1. The van der Waals surface area contributed by atoms with Crippen molar-refractivity contribution in [2.45, 2.75) is 13.5 Å². The van der Waals surface area contributed by atoms with Crippen molar-refractivity contribution in [1.29, 1.82) is 0 Å². The molecule has 0 bridgehead atoms. The Morgan fingerprint density at radius 3 is 2.79 bits per heavy atom. The van der Waals surface area contributed by atoms with Crippen LogP contribution in [0.2, 0.25) is 0 Å². The number of aromatic nitrogens is 1. The van der Waals surface area contributed by atoms with Gasteiger partial charge >= 0.3 is 0 Å². The molecule has 1 aromatic carbocycles. The number of halogens is 1. The summed E-state index contributed by atoms with van der Waals surface area (Å²) in [6.07, 6.45) is 2.41. The maximum absolute atomic E-state index is 13.1. The molecule has 0 aliphatic carbocycles. The van der Waals surface area contributed by atoms with Crippen LogP contribution >= 0.6 is 0 Å². The van der Waals surface area contributed by atoms with E-state index in [2.05, 4.69) is 4.98 Å². The summed E-state index contributed by atoms with van der Waals surface area (Å²) < 4.78 is 13.1. The third kappa shape index (κ3) is 3.16. The van der Waals surface area contributed by atoms with E-state index < -0.39 is 5.82 Å². The summed E-state index contributed by atoms with van der Waals surface area (Å²) in [7, 11) is 0. The lowest BCUT2D eigenvalue weighted by molar-refractivity contribution is 0.112. The first kappa shape index (κ1) is 13.2. The van der Waals surface area contributed by atoms with E-state index in [1.807, 2.05) is 30.0 Å². The van der Waals surface area contributed by atoms with Crippen LogP contribution in [0.4, 0.5) is 10.1 Å². The smallest absolute Gasteiger partial charge is 0.152 e. The molecular weight excluding hydrogens is 243 g/mol. The van der Waals surface area contributed by atoms with Crippen molar-refractivity contribution in [3.05, 3.63) is 59.7 Å². The van der Waals surface area contributed by atoms with Gasteiger partial charge in [-0.2, -0.15) is 0 Å². The Bertz CT molecular complexity index is 557. The molecule has 0 fully saturated rings. The summed E-state index contributed by atoms with van der Waals surface area (Å²) in [5.74, 6) is -0.403. The second kappa shape index (κ2) is 6.09. The number of nitrogens with zero attached hydrogens (tertiary/aromatic N) is 2. The zero-order chi connectivity index (χ0) is 13.7. The van der Waals surface area contributed by atoms with Crippen molar-refractivity contribution in [3.8, 4) is 0 Å². The Hall–Kier alpha value is -2.23. The van der Waals surface area contributed by atoms with E-state index in [1.54, 1.807) is 12.3 Å². The fourth-order valence-corrected chi connectivity index (χ4v) is 1.96. The molecule has 0 amide bonds. The second-order valence-electron chi connectivity index (χ2n) is 4.16. The van der Waals surface area contributed by atoms with Crippen molar-refractivity contribution in [2.24, 2.45) is 0 Å². The number of pyridine rings is 1. The summed E-state index contributed by atoms with van der Waals surface area (Å²) >= 11 is 0. The fourth-order valence-electron chi connectivity index (χ4n) is 1.96. The first-order valence-electron chi connectivity index (χ1n) is 6.14. The molecule has 2 aromatic rings. The molecule has 4 heteroatoms. The van der Waals surface area contributed by atoms with Gasteiger partial charge in [0.2, 0.25) is 0 Å². The summed E-state index contributed by atoms with van der Waals surface area (Å²) in [6, 6.07) is 9.95. The van der Waals surface area contributed by atoms with Gasteiger partial charge in [-0.05, 0) is 37.3 Å². The third-order valence-electron chi connectivity index (χ3n) is 2.92. The quantitative estimate of drug-likeness (QED) is 0.773. The van der Waals surface area contributed by atoms with Gasteiger partial charge in [-0.1, -0.05) is 6.07 Å². The second-order valence-corrected chi connectivity index (χ2v) is 4.16. The lowest BCUT2D eigenvalue weighted by Crippen LogP contribution is -2.23. The molecule has 0 N–H and O–H groups in total. The topological polar surface area (TPSA) is 33.2 Å². The normalized spacial score (nSPS) is 10.2. The Balaban J connectivity index is 2.29. The Labute approximate surface area is 111 Å². The molecule has 1 heterocycles. The first-order valence-corrected chi connectivity index (χ1v) is 6.14. The van der Waals surface area contributed by atoms with Gasteiger partial charge in [0, 0.05) is 24.0 Å². The van der Waals surface area contributed by atoms with E-state index in [-0.39, 0.29) is 0 Å². The Morgan fingerprint density at radius 2 is 2.16 bits per heavy atom. The van der Waals surface area contributed by atoms with E-state index in [0.717, 1.165) is 11.4 Å². The average Bonchev–Trinajstić information content (AvgIpc) is 2.46. The predicted octanol–water partition coefficient (Wildman–Crippen LogP) is 3.06. The number of hydrogen-bond donors (Lipinski definition) is 0.